The van der Waals surface area contributed by atoms with E-state index in [0.29, 0.717) is 11.1 Å². The summed E-state index contributed by atoms with van der Waals surface area (Å²) >= 11 is 0. The van der Waals surface area contributed by atoms with Crippen molar-refractivity contribution in [2.45, 2.75) is 6.92 Å². The molecule has 5 heteroatoms. The number of esters is 2. The minimum Gasteiger partial charge on any atom is -0.419 e. The monoisotopic (exact) mass is 326 g/mol. The molecule has 0 heterocycles. The van der Waals surface area contributed by atoms with Crippen LogP contribution in [0.2, 0.25) is 0 Å². The summed E-state index contributed by atoms with van der Waals surface area (Å²) in [6, 6.07) is 9.18. The molecule has 122 valence electrons. The summed E-state index contributed by atoms with van der Waals surface area (Å²) in [6.45, 7) is 8.39. The molecule has 0 radical (unpaired) electrons. The molecule has 0 saturated heterocycles. The standard InChI is InChI=1S/C19H15FO4/c1-4-18(21)23-16-9-7-13(11-17(16)24-19(22)5-2)14-8-6-12(3)10-15(14)20/h4-11H,1-2H2,3H3. The van der Waals surface area contributed by atoms with E-state index in [0.717, 1.165) is 17.7 Å². The Morgan fingerprint density at radius 2 is 1.58 bits per heavy atom. The third-order valence-corrected chi connectivity index (χ3v) is 3.13. The first-order valence-electron chi connectivity index (χ1n) is 7.03. The molecule has 2 aromatic rings. The molecule has 2 rings (SSSR count). The number of aryl methyl sites for hydroxylation is 1. The quantitative estimate of drug-likeness (QED) is 0.474. The van der Waals surface area contributed by atoms with E-state index in [1.807, 2.05) is 0 Å². The lowest BCUT2D eigenvalue weighted by Gasteiger charge is -2.11. The van der Waals surface area contributed by atoms with Crippen LogP contribution in [0, 0.1) is 12.7 Å². The van der Waals surface area contributed by atoms with E-state index in [2.05, 4.69) is 13.2 Å². The van der Waals surface area contributed by atoms with Gasteiger partial charge in [0, 0.05) is 17.7 Å². The van der Waals surface area contributed by atoms with Gasteiger partial charge in [-0.2, -0.15) is 0 Å². The van der Waals surface area contributed by atoms with Gasteiger partial charge in [0.25, 0.3) is 0 Å². The fourth-order valence-electron chi connectivity index (χ4n) is 1.99. The van der Waals surface area contributed by atoms with E-state index < -0.39 is 17.8 Å². The fraction of sp³-hybridized carbons (Fsp3) is 0.0526. The zero-order chi connectivity index (χ0) is 17.7. The van der Waals surface area contributed by atoms with Crippen molar-refractivity contribution >= 4 is 11.9 Å². The van der Waals surface area contributed by atoms with E-state index >= 15 is 0 Å². The van der Waals surface area contributed by atoms with Crippen LogP contribution in [0.15, 0.2) is 61.7 Å². The molecule has 0 amide bonds. The largest absolute Gasteiger partial charge is 0.419 e. The minimum absolute atomic E-state index is 0.0198. The van der Waals surface area contributed by atoms with Crippen molar-refractivity contribution in [3.05, 3.63) is 73.1 Å². The highest BCUT2D eigenvalue weighted by Crippen LogP contribution is 2.34. The Labute approximate surface area is 138 Å². The normalized spacial score (nSPS) is 9.92. The number of ether oxygens (including phenoxy) is 2. The Kier molecular flexibility index (Phi) is 5.27. The van der Waals surface area contributed by atoms with E-state index in [1.54, 1.807) is 25.1 Å². The maximum Gasteiger partial charge on any atom is 0.335 e. The van der Waals surface area contributed by atoms with Gasteiger partial charge in [-0.3, -0.25) is 0 Å². The van der Waals surface area contributed by atoms with Crippen LogP contribution in [-0.4, -0.2) is 11.9 Å². The number of carbonyl (C=O) groups excluding carboxylic acids is 2. The van der Waals surface area contributed by atoms with Gasteiger partial charge in [0.05, 0.1) is 0 Å². The van der Waals surface area contributed by atoms with Crippen LogP contribution in [0.1, 0.15) is 5.56 Å². The molecular weight excluding hydrogens is 311 g/mol. The number of benzene rings is 2. The number of hydrogen-bond acceptors (Lipinski definition) is 4. The highest BCUT2D eigenvalue weighted by Gasteiger charge is 2.14. The van der Waals surface area contributed by atoms with Crippen LogP contribution in [0.25, 0.3) is 11.1 Å². The first-order chi connectivity index (χ1) is 11.4. The Morgan fingerprint density at radius 3 is 2.17 bits per heavy atom. The summed E-state index contributed by atoms with van der Waals surface area (Å²) < 4.78 is 24.2. The van der Waals surface area contributed by atoms with Gasteiger partial charge in [-0.15, -0.1) is 0 Å². The topological polar surface area (TPSA) is 52.6 Å². The molecule has 4 nitrogen and oxygen atoms in total. The molecule has 0 atom stereocenters. The van der Waals surface area contributed by atoms with Gasteiger partial charge in [0.15, 0.2) is 11.5 Å². The third-order valence-electron chi connectivity index (χ3n) is 3.13. The second-order valence-corrected chi connectivity index (χ2v) is 4.90. The molecule has 24 heavy (non-hydrogen) atoms. The van der Waals surface area contributed by atoms with Crippen molar-refractivity contribution < 1.29 is 23.5 Å². The SMILES string of the molecule is C=CC(=O)Oc1ccc(-c2ccc(C)cc2F)cc1OC(=O)C=C. The number of hydrogen-bond donors (Lipinski definition) is 0. The van der Waals surface area contributed by atoms with Gasteiger partial charge in [-0.1, -0.05) is 31.4 Å². The van der Waals surface area contributed by atoms with Gasteiger partial charge in [-0.25, -0.2) is 14.0 Å². The first-order valence-corrected chi connectivity index (χ1v) is 7.03. The Balaban J connectivity index is 2.49. The zero-order valence-corrected chi connectivity index (χ0v) is 13.0. The lowest BCUT2D eigenvalue weighted by atomic mass is 10.0. The van der Waals surface area contributed by atoms with E-state index in [1.165, 1.54) is 18.2 Å². The lowest BCUT2D eigenvalue weighted by Crippen LogP contribution is -2.08. The van der Waals surface area contributed by atoms with Crippen LogP contribution in [0.5, 0.6) is 11.5 Å². The zero-order valence-electron chi connectivity index (χ0n) is 13.0. The van der Waals surface area contributed by atoms with Gasteiger partial charge in [0.1, 0.15) is 5.82 Å². The second kappa shape index (κ2) is 7.37. The summed E-state index contributed by atoms with van der Waals surface area (Å²) in [6.07, 6.45) is 1.95. The van der Waals surface area contributed by atoms with Gasteiger partial charge >= 0.3 is 11.9 Å². The predicted octanol–water partition coefficient (Wildman–Crippen LogP) is 3.98. The molecular formula is C19H15FO4. The lowest BCUT2D eigenvalue weighted by molar-refractivity contribution is -0.131. The predicted molar refractivity (Wildman–Crippen MR) is 88.2 cm³/mol. The van der Waals surface area contributed by atoms with Crippen LogP contribution < -0.4 is 9.47 Å². The van der Waals surface area contributed by atoms with E-state index in [9.17, 15) is 14.0 Å². The smallest absolute Gasteiger partial charge is 0.335 e. The number of rotatable bonds is 5. The Bertz CT molecular complexity index is 824. The average molecular weight is 326 g/mol. The van der Waals surface area contributed by atoms with Crippen molar-refractivity contribution in [2.75, 3.05) is 0 Å². The molecule has 0 aliphatic rings. The number of carbonyl (C=O) groups is 2. The minimum atomic E-state index is -0.729. The highest BCUT2D eigenvalue weighted by molar-refractivity contribution is 5.86. The fourth-order valence-corrected chi connectivity index (χ4v) is 1.99. The van der Waals surface area contributed by atoms with Gasteiger partial charge in [0.2, 0.25) is 0 Å². The van der Waals surface area contributed by atoms with Crippen LogP contribution >= 0.6 is 0 Å². The van der Waals surface area contributed by atoms with Gasteiger partial charge < -0.3 is 9.47 Å². The molecule has 0 bridgehead atoms. The highest BCUT2D eigenvalue weighted by atomic mass is 19.1. The molecule has 0 saturated carbocycles. The first kappa shape index (κ1) is 17.1. The van der Waals surface area contributed by atoms with Crippen molar-refractivity contribution in [1.82, 2.24) is 0 Å². The van der Waals surface area contributed by atoms with Crippen molar-refractivity contribution in [1.29, 1.82) is 0 Å². The maximum absolute atomic E-state index is 14.1. The average Bonchev–Trinajstić information content (AvgIpc) is 2.56. The van der Waals surface area contributed by atoms with Crippen molar-refractivity contribution in [3.8, 4) is 22.6 Å². The second-order valence-electron chi connectivity index (χ2n) is 4.90. The van der Waals surface area contributed by atoms with Crippen molar-refractivity contribution in [3.63, 3.8) is 0 Å². The van der Waals surface area contributed by atoms with Gasteiger partial charge in [-0.05, 0) is 36.2 Å². The summed E-state index contributed by atoms with van der Waals surface area (Å²) in [4.78, 5) is 22.8. The Morgan fingerprint density at radius 1 is 0.958 bits per heavy atom. The molecule has 0 aliphatic carbocycles. The van der Waals surface area contributed by atoms with Crippen LogP contribution in [-0.2, 0) is 9.59 Å². The molecule has 0 fully saturated rings. The van der Waals surface area contributed by atoms with Crippen LogP contribution in [0.3, 0.4) is 0 Å². The maximum atomic E-state index is 14.1. The molecule has 0 N–H and O–H groups in total. The van der Waals surface area contributed by atoms with Crippen LogP contribution in [0.4, 0.5) is 4.39 Å². The molecule has 0 spiro atoms. The summed E-state index contributed by atoms with van der Waals surface area (Å²) in [5.74, 6) is -1.85. The molecule has 0 aliphatic heterocycles. The Hall–Kier alpha value is -3.21. The summed E-state index contributed by atoms with van der Waals surface area (Å²) in [5.41, 5.74) is 1.59. The van der Waals surface area contributed by atoms with Crippen molar-refractivity contribution in [2.24, 2.45) is 0 Å². The third kappa shape index (κ3) is 3.95. The number of halogens is 1. The summed E-state index contributed by atoms with van der Waals surface area (Å²) in [7, 11) is 0. The molecule has 2 aromatic carbocycles. The summed E-state index contributed by atoms with van der Waals surface area (Å²) in [5, 5.41) is 0. The molecule has 0 unspecified atom stereocenters. The van der Waals surface area contributed by atoms with E-state index in [4.69, 9.17) is 9.47 Å². The molecule has 0 aromatic heterocycles. The van der Waals surface area contributed by atoms with E-state index in [-0.39, 0.29) is 11.5 Å².